The lowest BCUT2D eigenvalue weighted by molar-refractivity contribution is -0.124. The average molecular weight is 371 g/mol. The van der Waals surface area contributed by atoms with Crippen LogP contribution in [0.2, 0.25) is 0 Å². The molecular formula is C16H16F3N3O2S. The number of likely N-dealkylation sites (N-methyl/N-ethyl adjacent to an activating group) is 1. The summed E-state index contributed by atoms with van der Waals surface area (Å²) >= 11 is 1.14. The van der Waals surface area contributed by atoms with Crippen molar-refractivity contribution in [2.75, 3.05) is 18.9 Å². The third-order valence-electron chi connectivity index (χ3n) is 4.22. The molecule has 0 spiro atoms. The lowest BCUT2D eigenvalue weighted by atomic mass is 9.92. The van der Waals surface area contributed by atoms with E-state index in [1.54, 1.807) is 11.9 Å². The largest absolute Gasteiger partial charge is 0.378 e. The van der Waals surface area contributed by atoms with Crippen LogP contribution in [0.5, 0.6) is 0 Å². The van der Waals surface area contributed by atoms with Crippen molar-refractivity contribution in [3.05, 3.63) is 46.0 Å². The Hall–Kier alpha value is -1.97. The summed E-state index contributed by atoms with van der Waals surface area (Å²) in [5.41, 5.74) is -0.102. The molecule has 0 aromatic carbocycles. The van der Waals surface area contributed by atoms with Gasteiger partial charge in [-0.3, -0.25) is 9.69 Å². The van der Waals surface area contributed by atoms with Crippen molar-refractivity contribution >= 4 is 23.1 Å². The fourth-order valence-corrected chi connectivity index (χ4v) is 4.01. The van der Waals surface area contributed by atoms with Crippen molar-refractivity contribution in [2.45, 2.75) is 18.6 Å². The Kier molecular flexibility index (Phi) is 5.07. The van der Waals surface area contributed by atoms with E-state index < -0.39 is 36.3 Å². The number of hydrogen-bond acceptors (Lipinski definition) is 5. The maximum Gasteiger partial charge on any atom is 0.264 e. The van der Waals surface area contributed by atoms with Gasteiger partial charge in [0.05, 0.1) is 5.92 Å². The summed E-state index contributed by atoms with van der Waals surface area (Å²) in [4.78, 5) is 18.3. The average Bonchev–Trinajstić information content (AvgIpc) is 3.13. The predicted octanol–water partition coefficient (Wildman–Crippen LogP) is 2.82. The van der Waals surface area contributed by atoms with Crippen molar-refractivity contribution < 1.29 is 23.1 Å². The molecule has 0 bridgehead atoms. The van der Waals surface area contributed by atoms with Crippen LogP contribution in [0.3, 0.4) is 0 Å². The summed E-state index contributed by atoms with van der Waals surface area (Å²) in [5, 5.41) is 14.2. The fraction of sp³-hybridized carbons (Fsp3) is 0.375. The number of pyridine rings is 1. The first-order valence-corrected chi connectivity index (χ1v) is 8.43. The fourth-order valence-electron chi connectivity index (χ4n) is 2.96. The van der Waals surface area contributed by atoms with Gasteiger partial charge in [0.2, 0.25) is 11.9 Å². The first-order valence-electron chi connectivity index (χ1n) is 7.55. The zero-order chi connectivity index (χ0) is 18.1. The molecule has 1 unspecified atom stereocenters. The molecular weight excluding hydrogens is 355 g/mol. The van der Waals surface area contributed by atoms with Gasteiger partial charge in [-0.1, -0.05) is 6.07 Å². The second-order valence-corrected chi connectivity index (χ2v) is 6.85. The van der Waals surface area contributed by atoms with E-state index in [-0.39, 0.29) is 11.4 Å². The van der Waals surface area contributed by atoms with Crippen molar-refractivity contribution in [1.29, 1.82) is 0 Å². The lowest BCUT2D eigenvalue weighted by Gasteiger charge is -2.20. The number of carbonyl (C=O) groups is 1. The SMILES string of the molecule is CN1C[C@H](c2cc(C(F)F)cs2)[C@@H](C(=O)Nc2cccc(F)n2)C1O. The summed E-state index contributed by atoms with van der Waals surface area (Å²) in [6, 6.07) is 5.35. The minimum absolute atomic E-state index is 0.0324. The van der Waals surface area contributed by atoms with Gasteiger partial charge in [0.25, 0.3) is 6.43 Å². The van der Waals surface area contributed by atoms with Crippen LogP contribution in [0.25, 0.3) is 0 Å². The van der Waals surface area contributed by atoms with Crippen LogP contribution in [0, 0.1) is 11.9 Å². The molecule has 1 fully saturated rings. The topological polar surface area (TPSA) is 65.5 Å². The third-order valence-corrected chi connectivity index (χ3v) is 5.30. The van der Waals surface area contributed by atoms with Gasteiger partial charge in [-0.2, -0.15) is 4.39 Å². The first kappa shape index (κ1) is 17.8. The summed E-state index contributed by atoms with van der Waals surface area (Å²) < 4.78 is 38.8. The van der Waals surface area contributed by atoms with Gasteiger partial charge in [-0.15, -0.1) is 11.3 Å². The van der Waals surface area contributed by atoms with E-state index in [0.717, 1.165) is 17.4 Å². The number of rotatable bonds is 4. The molecule has 3 atom stereocenters. The van der Waals surface area contributed by atoms with Gasteiger partial charge in [-0.25, -0.2) is 13.8 Å². The highest BCUT2D eigenvalue weighted by Crippen LogP contribution is 2.40. The molecule has 2 aromatic heterocycles. The van der Waals surface area contributed by atoms with E-state index in [1.165, 1.54) is 23.6 Å². The highest BCUT2D eigenvalue weighted by molar-refractivity contribution is 7.10. The summed E-state index contributed by atoms with van der Waals surface area (Å²) in [7, 11) is 1.65. The standard InChI is InChI=1S/C16H16F3N3O2S/c1-22-6-9(10-5-8(7-25-10)14(18)19)13(16(22)24)15(23)21-12-4-2-3-11(17)20-12/h2-5,7,9,13-14,16,24H,6H2,1H3,(H,20,21,23)/t9-,13+,16?/m1/s1. The molecule has 0 aliphatic carbocycles. The quantitative estimate of drug-likeness (QED) is 0.812. The number of thiophene rings is 1. The van der Waals surface area contributed by atoms with Crippen LogP contribution in [0.1, 0.15) is 22.8 Å². The monoisotopic (exact) mass is 371 g/mol. The minimum atomic E-state index is -2.59. The maximum absolute atomic E-state index is 13.2. The Labute approximate surface area is 146 Å². The molecule has 2 aromatic rings. The molecule has 3 heterocycles. The molecule has 1 aliphatic rings. The number of aliphatic hydroxyl groups excluding tert-OH is 1. The molecule has 1 aliphatic heterocycles. The molecule has 134 valence electrons. The molecule has 1 saturated heterocycles. The Morgan fingerprint density at radius 3 is 2.88 bits per heavy atom. The molecule has 3 rings (SSSR count). The van der Waals surface area contributed by atoms with Crippen LogP contribution in [-0.2, 0) is 4.79 Å². The van der Waals surface area contributed by atoms with Gasteiger partial charge < -0.3 is 10.4 Å². The number of alkyl halides is 2. The van der Waals surface area contributed by atoms with Gasteiger partial charge in [0.1, 0.15) is 12.0 Å². The lowest BCUT2D eigenvalue weighted by Crippen LogP contribution is -2.36. The van der Waals surface area contributed by atoms with Crippen LogP contribution in [-0.4, -0.2) is 40.7 Å². The number of aliphatic hydroxyl groups is 1. The molecule has 5 nitrogen and oxygen atoms in total. The predicted molar refractivity (Wildman–Crippen MR) is 87.0 cm³/mol. The highest BCUT2D eigenvalue weighted by Gasteiger charge is 2.45. The van der Waals surface area contributed by atoms with Crippen LogP contribution < -0.4 is 5.32 Å². The summed E-state index contributed by atoms with van der Waals surface area (Å²) in [5.74, 6) is -2.56. The molecule has 2 N–H and O–H groups in total. The zero-order valence-corrected chi connectivity index (χ0v) is 14.0. The number of aromatic nitrogens is 1. The van der Waals surface area contributed by atoms with Gasteiger partial charge in [0, 0.05) is 22.9 Å². The number of likely N-dealkylation sites (tertiary alicyclic amines) is 1. The number of amides is 1. The van der Waals surface area contributed by atoms with E-state index in [1.807, 2.05) is 0 Å². The molecule has 1 amide bonds. The number of nitrogens with zero attached hydrogens (tertiary/aromatic N) is 2. The Morgan fingerprint density at radius 2 is 2.24 bits per heavy atom. The summed E-state index contributed by atoms with van der Waals surface area (Å²) in [6.07, 6.45) is -3.66. The van der Waals surface area contributed by atoms with Crippen molar-refractivity contribution in [3.63, 3.8) is 0 Å². The van der Waals surface area contributed by atoms with Crippen molar-refractivity contribution in [2.24, 2.45) is 5.92 Å². The number of anilines is 1. The van der Waals surface area contributed by atoms with Gasteiger partial charge >= 0.3 is 0 Å². The van der Waals surface area contributed by atoms with E-state index >= 15 is 0 Å². The molecule has 25 heavy (non-hydrogen) atoms. The van der Waals surface area contributed by atoms with Crippen LogP contribution in [0.4, 0.5) is 19.0 Å². The van der Waals surface area contributed by atoms with E-state index in [4.69, 9.17) is 0 Å². The van der Waals surface area contributed by atoms with Crippen molar-refractivity contribution in [3.8, 4) is 0 Å². The molecule has 0 saturated carbocycles. The first-order chi connectivity index (χ1) is 11.9. The number of halogens is 3. The highest BCUT2D eigenvalue weighted by atomic mass is 32.1. The van der Waals surface area contributed by atoms with Crippen molar-refractivity contribution in [1.82, 2.24) is 9.88 Å². The number of carbonyl (C=O) groups excluding carboxylic acids is 1. The molecule has 0 radical (unpaired) electrons. The summed E-state index contributed by atoms with van der Waals surface area (Å²) in [6.45, 7) is 0.346. The van der Waals surface area contributed by atoms with Gasteiger partial charge in [0.15, 0.2) is 0 Å². The Bertz CT molecular complexity index is 771. The number of nitrogens with one attached hydrogen (secondary N) is 1. The zero-order valence-electron chi connectivity index (χ0n) is 13.2. The minimum Gasteiger partial charge on any atom is -0.378 e. The van der Waals surface area contributed by atoms with E-state index in [0.29, 0.717) is 11.4 Å². The Morgan fingerprint density at radius 1 is 1.48 bits per heavy atom. The smallest absolute Gasteiger partial charge is 0.264 e. The Balaban J connectivity index is 1.83. The van der Waals surface area contributed by atoms with Gasteiger partial charge in [-0.05, 0) is 30.6 Å². The molecule has 9 heteroatoms. The van der Waals surface area contributed by atoms with Crippen LogP contribution in [0.15, 0.2) is 29.6 Å². The second kappa shape index (κ2) is 7.11. The normalized spacial score (nSPS) is 24.0. The van der Waals surface area contributed by atoms with Crippen LogP contribution >= 0.6 is 11.3 Å². The van der Waals surface area contributed by atoms with E-state index in [2.05, 4.69) is 10.3 Å². The second-order valence-electron chi connectivity index (χ2n) is 5.90. The maximum atomic E-state index is 13.2. The number of hydrogen-bond donors (Lipinski definition) is 2. The third kappa shape index (κ3) is 3.68. The van der Waals surface area contributed by atoms with E-state index in [9.17, 15) is 23.1 Å².